The van der Waals surface area contributed by atoms with Crippen LogP contribution in [0.3, 0.4) is 0 Å². The Labute approximate surface area is 643 Å². The number of esters is 4. The average Bonchev–Trinajstić information content (AvgIpc) is 0.907. The van der Waals surface area contributed by atoms with Crippen LogP contribution in [0, 0.1) is 0 Å². The molecule has 0 spiro atoms. The smallest absolute Gasteiger partial charge is 0.462 e. The molecule has 0 amide bonds. The third-order valence-corrected chi connectivity index (χ3v) is 18.7. The predicted molar refractivity (Wildman–Crippen MR) is 436 cm³/mol. The van der Waals surface area contributed by atoms with Gasteiger partial charge in [-0.25, -0.2) is 9.13 Å². The molecule has 0 aromatic rings. The molecule has 0 aliphatic rings. The Morgan fingerprint density at radius 2 is 0.491 bits per heavy atom. The quantitative estimate of drug-likeness (QED) is 0.0169. The first kappa shape index (κ1) is 101. The van der Waals surface area contributed by atoms with E-state index in [2.05, 4.69) is 174 Å². The van der Waals surface area contributed by atoms with Crippen molar-refractivity contribution in [2.75, 3.05) is 39.6 Å². The van der Waals surface area contributed by atoms with Crippen molar-refractivity contribution in [2.24, 2.45) is 0 Å². The number of rotatable bonds is 76. The third-order valence-electron chi connectivity index (χ3n) is 16.8. The number of carbonyl (C=O) groups is 4. The van der Waals surface area contributed by atoms with E-state index in [-0.39, 0.29) is 25.7 Å². The van der Waals surface area contributed by atoms with Crippen molar-refractivity contribution in [3.8, 4) is 0 Å². The lowest BCUT2D eigenvalue weighted by Crippen LogP contribution is -2.30. The summed E-state index contributed by atoms with van der Waals surface area (Å²) < 4.78 is 68.7. The van der Waals surface area contributed by atoms with Gasteiger partial charge in [0.25, 0.3) is 0 Å². The van der Waals surface area contributed by atoms with E-state index in [0.717, 1.165) is 193 Å². The van der Waals surface area contributed by atoms with Crippen LogP contribution in [-0.2, 0) is 65.4 Å². The molecule has 0 aliphatic carbocycles. The number of hydrogen-bond donors (Lipinski definition) is 3. The normalized spacial score (nSPS) is 14.6. The van der Waals surface area contributed by atoms with Crippen LogP contribution in [0.4, 0.5) is 0 Å². The van der Waals surface area contributed by atoms with Crippen LogP contribution in [0.25, 0.3) is 0 Å². The zero-order chi connectivity index (χ0) is 77.4. The summed E-state index contributed by atoms with van der Waals surface area (Å²) in [5.41, 5.74) is 0. The number of hydrogen-bond acceptors (Lipinski definition) is 15. The largest absolute Gasteiger partial charge is 0.472 e. The zero-order valence-electron chi connectivity index (χ0n) is 66.3. The molecule has 0 fully saturated rings. The standard InChI is InChI=1S/C87H146O17P2/c1-5-9-13-17-21-25-29-33-36-39-40-43-45-49-52-56-60-64-68-72-85(90)98-78-83(104-87(92)74-70-66-62-58-54-50-46-42-38-35-31-27-23-19-15-11-7-3)80-102-106(95,96)100-76-81(88)75-99-105(93,94)101-79-82(103-86(91)73-69-65-61-57-53-47-32-28-24-20-16-12-8-4)77-97-84(89)71-67-63-59-55-51-48-44-41-37-34-30-26-22-18-14-10-6-2/h9-11,13-15,21-23,25-27,33-38,40,43,46,49-50,52,81-83,88H,5-8,12,16-20,24,28-32,39,41-42,44-45,47-48,51,53-80H2,1-4H3,(H,93,94)(H,95,96)/b13-9-,14-10-,15-11-,25-21-,26-22-,27-23-,36-33-,37-34-,38-35-,43-40-,50-46-,52-49-. The molecule has 17 nitrogen and oxygen atoms in total. The molecule has 5 unspecified atom stereocenters. The zero-order valence-corrected chi connectivity index (χ0v) is 68.1. The van der Waals surface area contributed by atoms with Gasteiger partial charge in [0.15, 0.2) is 12.2 Å². The molecule has 0 aromatic heterocycles. The van der Waals surface area contributed by atoms with Gasteiger partial charge in [-0.3, -0.25) is 37.3 Å². The van der Waals surface area contributed by atoms with E-state index in [0.29, 0.717) is 25.7 Å². The minimum atomic E-state index is -5.00. The minimum Gasteiger partial charge on any atom is -0.462 e. The van der Waals surface area contributed by atoms with Gasteiger partial charge in [-0.1, -0.05) is 302 Å². The number of carbonyl (C=O) groups excluding carboxylic acids is 4. The summed E-state index contributed by atoms with van der Waals surface area (Å²) in [4.78, 5) is 73.1. The van der Waals surface area contributed by atoms with Gasteiger partial charge < -0.3 is 33.8 Å². The molecule has 0 radical (unpaired) electrons. The maximum absolute atomic E-state index is 13.1. The van der Waals surface area contributed by atoms with Crippen molar-refractivity contribution >= 4 is 39.5 Å². The van der Waals surface area contributed by atoms with Crippen molar-refractivity contribution in [1.82, 2.24) is 0 Å². The van der Waals surface area contributed by atoms with Gasteiger partial charge in [-0.2, -0.15) is 0 Å². The number of aliphatic hydroxyl groups is 1. The number of ether oxygens (including phenoxy) is 4. The molecule has 606 valence electrons. The molecular formula is C87H146O17P2. The molecule has 0 heterocycles. The van der Waals surface area contributed by atoms with E-state index in [1.807, 2.05) is 0 Å². The van der Waals surface area contributed by atoms with Crippen molar-refractivity contribution in [1.29, 1.82) is 0 Å². The monoisotopic (exact) mass is 1530 g/mol. The van der Waals surface area contributed by atoms with Gasteiger partial charge in [-0.15, -0.1) is 0 Å². The second-order valence-electron chi connectivity index (χ2n) is 26.9. The molecule has 5 atom stereocenters. The number of phosphoric acid groups is 2. The summed E-state index contributed by atoms with van der Waals surface area (Å²) in [6.07, 6.45) is 89.6. The molecule has 0 saturated heterocycles. The topological polar surface area (TPSA) is 237 Å². The van der Waals surface area contributed by atoms with Gasteiger partial charge >= 0.3 is 39.5 Å². The Morgan fingerprint density at radius 1 is 0.274 bits per heavy atom. The molecule has 0 aromatic carbocycles. The second kappa shape index (κ2) is 78.1. The van der Waals surface area contributed by atoms with Crippen LogP contribution in [0.15, 0.2) is 146 Å². The van der Waals surface area contributed by atoms with Gasteiger partial charge in [0.05, 0.1) is 26.4 Å². The fraction of sp³-hybridized carbons (Fsp3) is 0.678. The molecule has 0 aliphatic heterocycles. The summed E-state index contributed by atoms with van der Waals surface area (Å²) in [5.74, 6) is -2.24. The number of aliphatic hydroxyl groups excluding tert-OH is 1. The summed E-state index contributed by atoms with van der Waals surface area (Å²) in [7, 11) is -9.98. The molecule has 3 N–H and O–H groups in total. The first-order chi connectivity index (χ1) is 51.7. The maximum Gasteiger partial charge on any atom is 0.472 e. The SMILES string of the molecule is CC/C=C\C/C=C\C/C=C\C/C=C\C/C=C\CCCCCC(=O)OCC(COP(=O)(O)OCC(O)COP(=O)(O)OCC(COC(=O)CCCCCCCCC/C=C\C/C=C\C/C=C\CC)OC(=O)CCCCCCCCCCCCCCC)OC(=O)CCCCCC/C=C\C/C=C\C/C=C\C/C=C\CC. The minimum absolute atomic E-state index is 0.0553. The highest BCUT2D eigenvalue weighted by Gasteiger charge is 2.30. The van der Waals surface area contributed by atoms with Crippen molar-refractivity contribution < 1.29 is 80.2 Å². The number of unbranched alkanes of at least 4 members (excludes halogenated alkanes) is 26. The van der Waals surface area contributed by atoms with Crippen molar-refractivity contribution in [3.63, 3.8) is 0 Å². The number of allylic oxidation sites excluding steroid dienone is 24. The highest BCUT2D eigenvalue weighted by atomic mass is 31.2. The molecule has 0 rings (SSSR count). The van der Waals surface area contributed by atoms with Gasteiger partial charge in [0.1, 0.15) is 19.3 Å². The lowest BCUT2D eigenvalue weighted by molar-refractivity contribution is -0.161. The highest BCUT2D eigenvalue weighted by molar-refractivity contribution is 7.47. The summed E-state index contributed by atoms with van der Waals surface area (Å²) in [6.45, 7) is 4.48. The van der Waals surface area contributed by atoms with Gasteiger partial charge in [0, 0.05) is 25.7 Å². The predicted octanol–water partition coefficient (Wildman–Crippen LogP) is 24.2. The molecule has 0 saturated carbocycles. The Kier molecular flexibility index (Phi) is 74.3. The molecule has 19 heteroatoms. The van der Waals surface area contributed by atoms with E-state index in [1.165, 1.54) is 51.4 Å². The fourth-order valence-corrected chi connectivity index (χ4v) is 12.2. The summed E-state index contributed by atoms with van der Waals surface area (Å²) in [6, 6.07) is 0. The van der Waals surface area contributed by atoms with E-state index in [4.69, 9.17) is 37.0 Å². The van der Waals surface area contributed by atoms with Crippen LogP contribution in [0.5, 0.6) is 0 Å². The van der Waals surface area contributed by atoms with Crippen molar-refractivity contribution in [2.45, 2.75) is 341 Å². The Hall–Kier alpha value is -5.06. The molecular weight excluding hydrogens is 1380 g/mol. The average molecular weight is 1530 g/mol. The third kappa shape index (κ3) is 77.1. The van der Waals surface area contributed by atoms with Crippen LogP contribution in [0.2, 0.25) is 0 Å². The fourth-order valence-electron chi connectivity index (χ4n) is 10.7. The highest BCUT2D eigenvalue weighted by Crippen LogP contribution is 2.45. The van der Waals surface area contributed by atoms with Crippen molar-refractivity contribution in [3.05, 3.63) is 146 Å². The Morgan fingerprint density at radius 3 is 0.764 bits per heavy atom. The molecule has 0 bridgehead atoms. The van der Waals surface area contributed by atoms with Gasteiger partial charge in [0.2, 0.25) is 0 Å². The summed E-state index contributed by atoms with van der Waals surface area (Å²) in [5, 5.41) is 10.7. The van der Waals surface area contributed by atoms with E-state index < -0.39 is 97.5 Å². The molecule has 106 heavy (non-hydrogen) atoms. The lowest BCUT2D eigenvalue weighted by Gasteiger charge is -2.21. The Balaban J connectivity index is 5.42. The lowest BCUT2D eigenvalue weighted by atomic mass is 10.0. The van der Waals surface area contributed by atoms with Crippen LogP contribution in [0.1, 0.15) is 323 Å². The first-order valence-corrected chi connectivity index (χ1v) is 44.1. The Bertz CT molecular complexity index is 2580. The second-order valence-corrected chi connectivity index (χ2v) is 29.8. The van der Waals surface area contributed by atoms with Crippen LogP contribution in [-0.4, -0.2) is 96.7 Å². The number of phosphoric ester groups is 2. The van der Waals surface area contributed by atoms with Crippen LogP contribution < -0.4 is 0 Å². The maximum atomic E-state index is 13.1. The van der Waals surface area contributed by atoms with Crippen LogP contribution >= 0.6 is 15.6 Å². The van der Waals surface area contributed by atoms with E-state index in [9.17, 15) is 43.2 Å². The van der Waals surface area contributed by atoms with E-state index >= 15 is 0 Å². The summed E-state index contributed by atoms with van der Waals surface area (Å²) >= 11 is 0. The van der Waals surface area contributed by atoms with E-state index in [1.54, 1.807) is 0 Å². The first-order valence-electron chi connectivity index (χ1n) is 41.1. The van der Waals surface area contributed by atoms with Gasteiger partial charge in [-0.05, 0) is 141 Å².